The number of benzene rings is 2. The Bertz CT molecular complexity index is 888. The third-order valence-corrected chi connectivity index (χ3v) is 4.22. The molecule has 3 N–H and O–H groups in total. The van der Waals surface area contributed by atoms with Gasteiger partial charge in [0.05, 0.1) is 6.10 Å². The van der Waals surface area contributed by atoms with Gasteiger partial charge in [-0.05, 0) is 81.0 Å². The highest BCUT2D eigenvalue weighted by atomic mass is 79.9. The molecule has 0 aromatic heterocycles. The van der Waals surface area contributed by atoms with Crippen molar-refractivity contribution in [2.75, 3.05) is 6.61 Å². The average molecular weight is 480 g/mol. The van der Waals surface area contributed by atoms with Crippen LogP contribution >= 0.6 is 28.1 Å². The second-order valence-corrected chi connectivity index (χ2v) is 7.67. The van der Waals surface area contributed by atoms with Gasteiger partial charge in [-0.1, -0.05) is 15.9 Å². The highest BCUT2D eigenvalue weighted by molar-refractivity contribution is 9.10. The van der Waals surface area contributed by atoms with Gasteiger partial charge in [-0.3, -0.25) is 25.8 Å². The smallest absolute Gasteiger partial charge is 0.276 e. The Balaban J connectivity index is 1.75. The summed E-state index contributed by atoms with van der Waals surface area (Å²) in [6.45, 7) is 5.51. The van der Waals surface area contributed by atoms with Gasteiger partial charge in [0.25, 0.3) is 11.8 Å². The number of hydrazine groups is 1. The molecule has 29 heavy (non-hydrogen) atoms. The molecule has 0 spiro atoms. The van der Waals surface area contributed by atoms with Crippen molar-refractivity contribution in [1.29, 1.82) is 0 Å². The summed E-state index contributed by atoms with van der Waals surface area (Å²) in [7, 11) is 0. The molecule has 7 nitrogen and oxygen atoms in total. The molecule has 2 rings (SSSR count). The number of ether oxygens (including phenoxy) is 2. The zero-order valence-electron chi connectivity index (χ0n) is 16.2. The first-order valence-electron chi connectivity index (χ1n) is 8.80. The fourth-order valence-corrected chi connectivity index (χ4v) is 2.86. The van der Waals surface area contributed by atoms with Gasteiger partial charge in [-0.15, -0.1) is 0 Å². The topological polar surface area (TPSA) is 88.7 Å². The lowest BCUT2D eigenvalue weighted by Crippen LogP contribution is -2.49. The van der Waals surface area contributed by atoms with Gasteiger partial charge in [0.1, 0.15) is 11.5 Å². The lowest BCUT2D eigenvalue weighted by atomic mass is 10.2. The lowest BCUT2D eigenvalue weighted by molar-refractivity contribution is -0.123. The summed E-state index contributed by atoms with van der Waals surface area (Å²) in [6, 6.07) is 12.1. The van der Waals surface area contributed by atoms with Crippen LogP contribution in [0.1, 0.15) is 29.8 Å². The minimum absolute atomic E-state index is 0.0364. The van der Waals surface area contributed by atoms with Crippen LogP contribution in [-0.2, 0) is 4.79 Å². The maximum atomic E-state index is 12.2. The normalized spacial score (nSPS) is 10.2. The SMILES string of the molecule is Cc1cc(Br)ccc1OCC(=O)NNC(=S)NC(=O)c1ccc(OC(C)C)cc1. The minimum atomic E-state index is -0.445. The first kappa shape index (κ1) is 22.6. The van der Waals surface area contributed by atoms with Crippen LogP contribution in [-0.4, -0.2) is 29.6 Å². The Labute approximate surface area is 183 Å². The highest BCUT2D eigenvalue weighted by Gasteiger charge is 2.10. The number of thiocarbonyl (C=S) groups is 1. The van der Waals surface area contributed by atoms with Gasteiger partial charge in [0.15, 0.2) is 11.7 Å². The molecule has 0 heterocycles. The minimum Gasteiger partial charge on any atom is -0.491 e. The zero-order valence-corrected chi connectivity index (χ0v) is 18.6. The fourth-order valence-electron chi connectivity index (χ4n) is 2.24. The molecule has 2 aromatic carbocycles. The Hall–Kier alpha value is -2.65. The van der Waals surface area contributed by atoms with Crippen molar-refractivity contribution in [1.82, 2.24) is 16.2 Å². The predicted octanol–water partition coefficient (Wildman–Crippen LogP) is 3.26. The van der Waals surface area contributed by atoms with Crippen LogP contribution in [0.5, 0.6) is 11.5 Å². The quantitative estimate of drug-likeness (QED) is 0.435. The summed E-state index contributed by atoms with van der Waals surface area (Å²) >= 11 is 8.38. The molecule has 2 amide bonds. The first-order chi connectivity index (χ1) is 13.7. The largest absolute Gasteiger partial charge is 0.491 e. The molecule has 0 saturated carbocycles. The van der Waals surface area contributed by atoms with E-state index in [1.165, 1.54) is 0 Å². The van der Waals surface area contributed by atoms with E-state index in [0.717, 1.165) is 10.0 Å². The van der Waals surface area contributed by atoms with Crippen molar-refractivity contribution >= 4 is 45.1 Å². The Morgan fingerprint density at radius 2 is 1.79 bits per heavy atom. The molecule has 0 fully saturated rings. The van der Waals surface area contributed by atoms with Crippen molar-refractivity contribution < 1.29 is 19.1 Å². The number of halogens is 1. The van der Waals surface area contributed by atoms with Gasteiger partial charge in [-0.2, -0.15) is 0 Å². The summed E-state index contributed by atoms with van der Waals surface area (Å²) < 4.78 is 11.9. The fraction of sp³-hybridized carbons (Fsp3) is 0.250. The molecule has 2 aromatic rings. The van der Waals surface area contributed by atoms with Crippen molar-refractivity contribution in [3.63, 3.8) is 0 Å². The maximum Gasteiger partial charge on any atom is 0.276 e. The summed E-state index contributed by atoms with van der Waals surface area (Å²) in [5, 5.41) is 2.44. The Kier molecular flexibility index (Phi) is 8.41. The van der Waals surface area contributed by atoms with Crippen molar-refractivity contribution in [2.24, 2.45) is 0 Å². The Morgan fingerprint density at radius 1 is 1.10 bits per heavy atom. The number of carbonyl (C=O) groups is 2. The van der Waals surface area contributed by atoms with Crippen LogP contribution in [0.3, 0.4) is 0 Å². The molecule has 0 radical (unpaired) electrons. The van der Waals surface area contributed by atoms with E-state index in [1.54, 1.807) is 30.3 Å². The molecular weight excluding hydrogens is 458 g/mol. The summed E-state index contributed by atoms with van der Waals surface area (Å²) in [5.74, 6) is 0.420. The van der Waals surface area contributed by atoms with Crippen LogP contribution in [0.4, 0.5) is 0 Å². The Morgan fingerprint density at radius 3 is 2.41 bits per heavy atom. The lowest BCUT2D eigenvalue weighted by Gasteiger charge is -2.13. The molecule has 0 aliphatic carbocycles. The first-order valence-corrected chi connectivity index (χ1v) is 10.0. The number of aryl methyl sites for hydroxylation is 1. The van der Waals surface area contributed by atoms with E-state index in [0.29, 0.717) is 17.1 Å². The van der Waals surface area contributed by atoms with E-state index in [2.05, 4.69) is 32.1 Å². The standard InChI is InChI=1S/C20H22BrN3O4S/c1-12(2)28-16-7-4-14(5-8-16)19(26)22-20(29)24-23-18(25)11-27-17-9-6-15(21)10-13(17)3/h4-10,12H,11H2,1-3H3,(H,23,25)(H2,22,24,26,29). The molecule has 0 aliphatic rings. The van der Waals surface area contributed by atoms with E-state index in [4.69, 9.17) is 21.7 Å². The van der Waals surface area contributed by atoms with E-state index < -0.39 is 11.8 Å². The molecule has 0 aliphatic heterocycles. The molecule has 0 atom stereocenters. The van der Waals surface area contributed by atoms with Crippen LogP contribution in [0.25, 0.3) is 0 Å². The number of carbonyl (C=O) groups excluding carboxylic acids is 2. The van der Waals surface area contributed by atoms with Crippen molar-refractivity contribution in [3.8, 4) is 11.5 Å². The molecule has 0 bridgehead atoms. The molecule has 0 saturated heterocycles. The third-order valence-electron chi connectivity index (χ3n) is 3.53. The average Bonchev–Trinajstić information content (AvgIpc) is 2.65. The van der Waals surface area contributed by atoms with Crippen molar-refractivity contribution in [3.05, 3.63) is 58.1 Å². The van der Waals surface area contributed by atoms with Gasteiger partial charge in [0.2, 0.25) is 0 Å². The number of amides is 2. The van der Waals surface area contributed by atoms with Gasteiger partial charge >= 0.3 is 0 Å². The van der Waals surface area contributed by atoms with E-state index >= 15 is 0 Å². The maximum absolute atomic E-state index is 12.2. The molecule has 154 valence electrons. The second-order valence-electron chi connectivity index (χ2n) is 6.35. The zero-order chi connectivity index (χ0) is 21.4. The number of nitrogens with one attached hydrogen (secondary N) is 3. The van der Waals surface area contributed by atoms with E-state index in [-0.39, 0.29) is 17.8 Å². The van der Waals surface area contributed by atoms with Crippen molar-refractivity contribution in [2.45, 2.75) is 26.9 Å². The number of rotatable bonds is 6. The van der Waals surface area contributed by atoms with E-state index in [9.17, 15) is 9.59 Å². The third kappa shape index (κ3) is 7.71. The monoisotopic (exact) mass is 479 g/mol. The van der Waals surface area contributed by atoms with Crippen LogP contribution in [0.15, 0.2) is 46.9 Å². The van der Waals surface area contributed by atoms with Crippen LogP contribution in [0, 0.1) is 6.92 Å². The second kappa shape index (κ2) is 10.8. The molecule has 9 heteroatoms. The number of hydrogen-bond acceptors (Lipinski definition) is 5. The highest BCUT2D eigenvalue weighted by Crippen LogP contribution is 2.21. The van der Waals surface area contributed by atoms with Crippen LogP contribution < -0.4 is 25.6 Å². The van der Waals surface area contributed by atoms with Gasteiger partial charge in [-0.25, -0.2) is 0 Å². The van der Waals surface area contributed by atoms with E-state index in [1.807, 2.05) is 32.9 Å². The summed E-state index contributed by atoms with van der Waals surface area (Å²) in [5.41, 5.74) is 6.14. The van der Waals surface area contributed by atoms with Gasteiger partial charge in [0, 0.05) is 10.0 Å². The molecule has 0 unspecified atom stereocenters. The number of hydrogen-bond donors (Lipinski definition) is 3. The van der Waals surface area contributed by atoms with Gasteiger partial charge < -0.3 is 9.47 Å². The summed E-state index contributed by atoms with van der Waals surface area (Å²) in [6.07, 6.45) is 0.0479. The summed E-state index contributed by atoms with van der Waals surface area (Å²) in [4.78, 5) is 24.1. The molecular formula is C20H22BrN3O4S. The predicted molar refractivity (Wildman–Crippen MR) is 118 cm³/mol. The van der Waals surface area contributed by atoms with Crippen LogP contribution in [0.2, 0.25) is 0 Å².